The Morgan fingerprint density at radius 3 is 2.86 bits per heavy atom. The highest BCUT2D eigenvalue weighted by Gasteiger charge is 2.08. The summed E-state index contributed by atoms with van der Waals surface area (Å²) in [5.74, 6) is -1.18. The number of nitro groups is 1. The minimum atomic E-state index is -0.578. The highest BCUT2D eigenvalue weighted by Crippen LogP contribution is 2.22. The van der Waals surface area contributed by atoms with Gasteiger partial charge in [0.05, 0.1) is 16.0 Å². The molecule has 0 spiro atoms. The Morgan fingerprint density at radius 1 is 1.41 bits per heavy atom. The zero-order valence-electron chi connectivity index (χ0n) is 11.1. The molecule has 1 N–H and O–H groups in total. The van der Waals surface area contributed by atoms with E-state index in [4.69, 9.17) is 4.74 Å². The SMILES string of the molecule is O=C(COc1ccccc1F)N/N=C/c1ccc([N+](=O)[O-])s1. The van der Waals surface area contributed by atoms with E-state index in [2.05, 4.69) is 10.5 Å². The summed E-state index contributed by atoms with van der Waals surface area (Å²) in [6, 6.07) is 8.56. The molecule has 0 saturated heterocycles. The lowest BCUT2D eigenvalue weighted by atomic mass is 10.3. The summed E-state index contributed by atoms with van der Waals surface area (Å²) < 4.78 is 18.2. The van der Waals surface area contributed by atoms with Gasteiger partial charge in [0.1, 0.15) is 0 Å². The molecule has 0 saturated carbocycles. The summed E-state index contributed by atoms with van der Waals surface area (Å²) in [5.41, 5.74) is 2.18. The van der Waals surface area contributed by atoms with Crippen LogP contribution in [0.3, 0.4) is 0 Å². The van der Waals surface area contributed by atoms with Crippen LogP contribution in [-0.2, 0) is 4.79 Å². The van der Waals surface area contributed by atoms with Crippen LogP contribution in [0.15, 0.2) is 41.5 Å². The van der Waals surface area contributed by atoms with Crippen molar-refractivity contribution < 1.29 is 18.8 Å². The maximum absolute atomic E-state index is 13.2. The van der Waals surface area contributed by atoms with E-state index in [0.29, 0.717) is 4.88 Å². The molecule has 0 unspecified atom stereocenters. The first kappa shape index (κ1) is 15.6. The molecule has 0 atom stereocenters. The van der Waals surface area contributed by atoms with Crippen molar-refractivity contribution >= 4 is 28.5 Å². The van der Waals surface area contributed by atoms with Crippen LogP contribution < -0.4 is 10.2 Å². The van der Waals surface area contributed by atoms with Crippen molar-refractivity contribution in [1.82, 2.24) is 5.43 Å². The van der Waals surface area contributed by atoms with Crippen LogP contribution >= 0.6 is 11.3 Å². The number of amides is 1. The summed E-state index contributed by atoms with van der Waals surface area (Å²) in [7, 11) is 0. The molecule has 0 bridgehead atoms. The maximum atomic E-state index is 13.2. The maximum Gasteiger partial charge on any atom is 0.324 e. The Hall–Kier alpha value is -2.81. The van der Waals surface area contributed by atoms with Crippen LogP contribution in [0.4, 0.5) is 9.39 Å². The lowest BCUT2D eigenvalue weighted by Crippen LogP contribution is -2.24. The fourth-order valence-corrected chi connectivity index (χ4v) is 2.11. The standard InChI is InChI=1S/C13H10FN3O4S/c14-10-3-1-2-4-11(10)21-8-12(18)16-15-7-9-5-6-13(22-9)17(19)20/h1-7H,8H2,(H,16,18)/b15-7+. The molecule has 2 rings (SSSR count). The smallest absolute Gasteiger partial charge is 0.324 e. The van der Waals surface area contributed by atoms with Gasteiger partial charge >= 0.3 is 5.00 Å². The molecule has 114 valence electrons. The van der Waals surface area contributed by atoms with E-state index in [1.54, 1.807) is 6.07 Å². The second-order valence-electron chi connectivity index (χ2n) is 3.95. The third-order valence-corrected chi connectivity index (χ3v) is 3.34. The fraction of sp³-hybridized carbons (Fsp3) is 0.0769. The number of benzene rings is 1. The first-order valence-electron chi connectivity index (χ1n) is 5.99. The average molecular weight is 323 g/mol. The zero-order chi connectivity index (χ0) is 15.9. The lowest BCUT2D eigenvalue weighted by molar-refractivity contribution is -0.380. The summed E-state index contributed by atoms with van der Waals surface area (Å²) >= 11 is 0.924. The summed E-state index contributed by atoms with van der Waals surface area (Å²) in [4.78, 5) is 22.0. The second-order valence-corrected chi connectivity index (χ2v) is 5.04. The minimum Gasteiger partial charge on any atom is -0.481 e. The Morgan fingerprint density at radius 2 is 2.18 bits per heavy atom. The molecule has 2 aromatic rings. The molecular weight excluding hydrogens is 313 g/mol. The molecule has 0 fully saturated rings. The molecule has 1 aromatic carbocycles. The van der Waals surface area contributed by atoms with Crippen molar-refractivity contribution in [3.8, 4) is 5.75 Å². The van der Waals surface area contributed by atoms with Gasteiger partial charge in [0.2, 0.25) is 0 Å². The number of nitrogens with zero attached hydrogens (tertiary/aromatic N) is 2. The van der Waals surface area contributed by atoms with E-state index in [1.165, 1.54) is 36.5 Å². The predicted octanol–water partition coefficient (Wildman–Crippen LogP) is 2.32. The number of halogens is 1. The number of hydrogen-bond donors (Lipinski definition) is 1. The van der Waals surface area contributed by atoms with Gasteiger partial charge in [-0.15, -0.1) is 0 Å². The highest BCUT2D eigenvalue weighted by molar-refractivity contribution is 7.16. The average Bonchev–Trinajstić information content (AvgIpc) is 2.95. The topological polar surface area (TPSA) is 93.8 Å². The van der Waals surface area contributed by atoms with Gasteiger partial charge in [-0.1, -0.05) is 23.5 Å². The van der Waals surface area contributed by atoms with Crippen LogP contribution in [0, 0.1) is 15.9 Å². The third kappa shape index (κ3) is 4.35. The second kappa shape index (κ2) is 7.27. The van der Waals surface area contributed by atoms with Gasteiger partial charge in [-0.2, -0.15) is 5.10 Å². The van der Waals surface area contributed by atoms with Gasteiger partial charge in [0, 0.05) is 6.07 Å². The van der Waals surface area contributed by atoms with E-state index in [0.717, 1.165) is 11.3 Å². The van der Waals surface area contributed by atoms with Crippen LogP contribution in [0.2, 0.25) is 0 Å². The van der Waals surface area contributed by atoms with Crippen molar-refractivity contribution in [3.05, 3.63) is 57.2 Å². The predicted molar refractivity (Wildman–Crippen MR) is 78.6 cm³/mol. The number of rotatable bonds is 6. The number of ether oxygens (including phenoxy) is 1. The molecule has 0 radical (unpaired) electrons. The van der Waals surface area contributed by atoms with Gasteiger partial charge < -0.3 is 4.74 Å². The van der Waals surface area contributed by atoms with E-state index < -0.39 is 23.3 Å². The molecule has 22 heavy (non-hydrogen) atoms. The highest BCUT2D eigenvalue weighted by atomic mass is 32.1. The number of thiophene rings is 1. The van der Waals surface area contributed by atoms with Gasteiger partial charge in [-0.25, -0.2) is 9.82 Å². The quantitative estimate of drug-likeness (QED) is 0.501. The van der Waals surface area contributed by atoms with Crippen LogP contribution in [0.5, 0.6) is 5.75 Å². The van der Waals surface area contributed by atoms with Gasteiger partial charge in [0.25, 0.3) is 5.91 Å². The summed E-state index contributed by atoms with van der Waals surface area (Å²) in [6.45, 7) is -0.400. The fourth-order valence-electron chi connectivity index (χ4n) is 1.41. The Bertz CT molecular complexity index is 717. The number of carbonyl (C=O) groups excluding carboxylic acids is 1. The van der Waals surface area contributed by atoms with Crippen LogP contribution in [0.25, 0.3) is 0 Å². The number of hydrogen-bond acceptors (Lipinski definition) is 6. The molecule has 0 aliphatic heterocycles. The van der Waals surface area contributed by atoms with E-state index in [1.807, 2.05) is 0 Å². The molecule has 1 aromatic heterocycles. The Kier molecular flexibility index (Phi) is 5.15. The lowest BCUT2D eigenvalue weighted by Gasteiger charge is -2.05. The first-order valence-corrected chi connectivity index (χ1v) is 6.81. The molecule has 0 aliphatic rings. The molecule has 0 aliphatic carbocycles. The number of carbonyl (C=O) groups is 1. The van der Waals surface area contributed by atoms with Crippen molar-refractivity contribution in [2.75, 3.05) is 6.61 Å². The van der Waals surface area contributed by atoms with Crippen molar-refractivity contribution in [2.24, 2.45) is 5.10 Å². The minimum absolute atomic E-state index is 0.0179. The van der Waals surface area contributed by atoms with Crippen LogP contribution in [-0.4, -0.2) is 23.7 Å². The number of nitrogens with one attached hydrogen (secondary N) is 1. The Balaban J connectivity index is 1.81. The van der Waals surface area contributed by atoms with Crippen LogP contribution in [0.1, 0.15) is 4.88 Å². The summed E-state index contributed by atoms with van der Waals surface area (Å²) in [6.07, 6.45) is 1.28. The van der Waals surface area contributed by atoms with Crippen molar-refractivity contribution in [3.63, 3.8) is 0 Å². The van der Waals surface area contributed by atoms with Crippen molar-refractivity contribution in [2.45, 2.75) is 0 Å². The zero-order valence-corrected chi connectivity index (χ0v) is 11.9. The largest absolute Gasteiger partial charge is 0.481 e. The number of hydrazone groups is 1. The molecular formula is C13H10FN3O4S. The van der Waals surface area contributed by atoms with E-state index >= 15 is 0 Å². The van der Waals surface area contributed by atoms with E-state index in [9.17, 15) is 19.3 Å². The number of para-hydroxylation sites is 1. The van der Waals surface area contributed by atoms with E-state index in [-0.39, 0.29) is 10.8 Å². The molecule has 7 nitrogen and oxygen atoms in total. The summed E-state index contributed by atoms with van der Waals surface area (Å²) in [5, 5.41) is 14.1. The normalized spacial score (nSPS) is 10.6. The molecule has 1 amide bonds. The molecule has 1 heterocycles. The van der Waals surface area contributed by atoms with Gasteiger partial charge in [-0.3, -0.25) is 14.9 Å². The monoisotopic (exact) mass is 323 g/mol. The van der Waals surface area contributed by atoms with Crippen molar-refractivity contribution in [1.29, 1.82) is 0 Å². The third-order valence-electron chi connectivity index (χ3n) is 2.37. The van der Waals surface area contributed by atoms with Gasteiger partial charge in [0.15, 0.2) is 18.2 Å². The first-order chi connectivity index (χ1) is 10.6. The Labute approximate surface area is 128 Å². The van der Waals surface area contributed by atoms with Gasteiger partial charge in [-0.05, 0) is 18.2 Å². The molecule has 9 heteroatoms.